The normalized spacial score (nSPS) is 11.7. The lowest BCUT2D eigenvalue weighted by atomic mass is 9.99. The van der Waals surface area contributed by atoms with Gasteiger partial charge in [-0.15, -0.1) is 0 Å². The summed E-state index contributed by atoms with van der Waals surface area (Å²) in [6, 6.07) is 54.3. The monoisotopic (exact) mass is 626 g/mol. The molecule has 0 radical (unpaired) electrons. The van der Waals surface area contributed by atoms with Crippen molar-refractivity contribution in [2.24, 2.45) is 0 Å². The third kappa shape index (κ3) is 4.71. The second kappa shape index (κ2) is 10.9. The Morgan fingerprint density at radius 3 is 1.47 bits per heavy atom. The lowest BCUT2D eigenvalue weighted by Crippen LogP contribution is -2.00. The number of oxazole rings is 1. The predicted octanol–water partition coefficient (Wildman–Crippen LogP) is 11.3. The van der Waals surface area contributed by atoms with Gasteiger partial charge in [0.1, 0.15) is 5.52 Å². The average molecular weight is 627 g/mol. The topological polar surface area (TPSA) is 64.7 Å². The van der Waals surface area contributed by atoms with Gasteiger partial charge in [-0.2, -0.15) is 0 Å². The lowest BCUT2D eigenvalue weighted by Gasteiger charge is -2.11. The van der Waals surface area contributed by atoms with E-state index in [1.165, 1.54) is 10.8 Å². The molecule has 0 atom stereocenters. The fourth-order valence-electron chi connectivity index (χ4n) is 6.78. The van der Waals surface area contributed by atoms with E-state index in [2.05, 4.69) is 121 Å². The van der Waals surface area contributed by atoms with Crippen LogP contribution in [0.15, 0.2) is 162 Å². The summed E-state index contributed by atoms with van der Waals surface area (Å²) in [5, 5.41) is 8.87. The molecular formula is C44H26N4O. The van der Waals surface area contributed by atoms with Crippen molar-refractivity contribution in [2.45, 2.75) is 0 Å². The van der Waals surface area contributed by atoms with Crippen molar-refractivity contribution in [3.63, 3.8) is 0 Å². The lowest BCUT2D eigenvalue weighted by molar-refractivity contribution is 0.623. The molecule has 0 saturated heterocycles. The molecular weight excluding hydrogens is 601 g/mol. The summed E-state index contributed by atoms with van der Waals surface area (Å²) in [7, 11) is 0. The molecule has 0 spiro atoms. The van der Waals surface area contributed by atoms with Crippen LogP contribution in [0.5, 0.6) is 0 Å². The van der Waals surface area contributed by atoms with Gasteiger partial charge in [0.05, 0.1) is 0 Å². The quantitative estimate of drug-likeness (QED) is 0.182. The second-order valence-corrected chi connectivity index (χ2v) is 12.3. The maximum atomic E-state index is 6.49. The van der Waals surface area contributed by atoms with Crippen molar-refractivity contribution in [2.75, 3.05) is 0 Å². The van der Waals surface area contributed by atoms with E-state index in [-0.39, 0.29) is 0 Å². The summed E-state index contributed by atoms with van der Waals surface area (Å²) in [6.45, 7) is 0. The Balaban J connectivity index is 1.19. The highest BCUT2D eigenvalue weighted by Crippen LogP contribution is 2.37. The Morgan fingerprint density at radius 1 is 0.347 bits per heavy atom. The SMILES string of the molecule is c1ccc(-c2nc3ccc4ccc5ccc(-c6nc(-c7ccc8ccccc8c7)nc(-c7ccc8ccccc8c7)n6)cc5c4c3o2)cc1. The number of hydrogen-bond acceptors (Lipinski definition) is 5. The third-order valence-corrected chi connectivity index (χ3v) is 9.28. The molecule has 8 aromatic carbocycles. The largest absolute Gasteiger partial charge is 0.435 e. The van der Waals surface area contributed by atoms with E-state index in [1.807, 2.05) is 36.4 Å². The Kier molecular flexibility index (Phi) is 6.11. The van der Waals surface area contributed by atoms with Crippen molar-refractivity contribution in [3.05, 3.63) is 158 Å². The summed E-state index contributed by atoms with van der Waals surface area (Å²) in [6.07, 6.45) is 0. The fourth-order valence-corrected chi connectivity index (χ4v) is 6.78. The highest BCUT2D eigenvalue weighted by molar-refractivity contribution is 6.18. The number of benzene rings is 8. The fraction of sp³-hybridized carbons (Fsp3) is 0. The summed E-state index contributed by atoms with van der Waals surface area (Å²) in [4.78, 5) is 20.1. The molecule has 5 heteroatoms. The average Bonchev–Trinajstić information content (AvgIpc) is 3.62. The van der Waals surface area contributed by atoms with Crippen LogP contribution in [-0.2, 0) is 0 Å². The molecule has 0 aliphatic carbocycles. The van der Waals surface area contributed by atoms with Crippen LogP contribution in [-0.4, -0.2) is 19.9 Å². The molecule has 0 aliphatic rings. The molecule has 0 fully saturated rings. The van der Waals surface area contributed by atoms with Crippen LogP contribution in [0.4, 0.5) is 0 Å². The van der Waals surface area contributed by atoms with E-state index in [9.17, 15) is 0 Å². The molecule has 49 heavy (non-hydrogen) atoms. The Bertz CT molecular complexity index is 2800. The summed E-state index contributed by atoms with van der Waals surface area (Å²) in [5.41, 5.74) is 5.30. The van der Waals surface area contributed by atoms with Crippen molar-refractivity contribution < 1.29 is 4.42 Å². The van der Waals surface area contributed by atoms with E-state index in [0.717, 1.165) is 65.7 Å². The Hall–Kier alpha value is -6.72. The van der Waals surface area contributed by atoms with E-state index >= 15 is 0 Å². The highest BCUT2D eigenvalue weighted by Gasteiger charge is 2.17. The molecule has 0 bridgehead atoms. The zero-order valence-electron chi connectivity index (χ0n) is 26.2. The number of fused-ring (bicyclic) bond motifs is 7. The van der Waals surface area contributed by atoms with Crippen molar-refractivity contribution in [1.29, 1.82) is 0 Å². The van der Waals surface area contributed by atoms with Gasteiger partial charge in [-0.1, -0.05) is 121 Å². The van der Waals surface area contributed by atoms with Gasteiger partial charge in [-0.3, -0.25) is 0 Å². The molecule has 228 valence electrons. The molecule has 0 unspecified atom stereocenters. The predicted molar refractivity (Wildman–Crippen MR) is 199 cm³/mol. The van der Waals surface area contributed by atoms with E-state index in [4.69, 9.17) is 24.4 Å². The summed E-state index contributed by atoms with van der Waals surface area (Å²) >= 11 is 0. The molecule has 2 heterocycles. The Labute approximate surface area is 281 Å². The maximum absolute atomic E-state index is 6.49. The van der Waals surface area contributed by atoms with E-state index < -0.39 is 0 Å². The smallest absolute Gasteiger partial charge is 0.227 e. The minimum Gasteiger partial charge on any atom is -0.435 e. The first-order valence-corrected chi connectivity index (χ1v) is 16.3. The molecule has 0 saturated carbocycles. The first kappa shape index (κ1) is 27.4. The van der Waals surface area contributed by atoms with Gasteiger partial charge >= 0.3 is 0 Å². The van der Waals surface area contributed by atoms with Crippen LogP contribution in [0.2, 0.25) is 0 Å². The van der Waals surface area contributed by atoms with Gasteiger partial charge in [0.2, 0.25) is 5.89 Å². The molecule has 0 aliphatic heterocycles. The third-order valence-electron chi connectivity index (χ3n) is 9.28. The Morgan fingerprint density at radius 2 is 0.837 bits per heavy atom. The number of rotatable bonds is 4. The van der Waals surface area contributed by atoms with Gasteiger partial charge in [0, 0.05) is 27.6 Å². The molecule has 10 aromatic rings. The highest BCUT2D eigenvalue weighted by atomic mass is 16.3. The minimum atomic E-state index is 0.605. The number of hydrogen-bond donors (Lipinski definition) is 0. The number of nitrogens with zero attached hydrogens (tertiary/aromatic N) is 4. The van der Waals surface area contributed by atoms with Crippen LogP contribution >= 0.6 is 0 Å². The van der Waals surface area contributed by atoms with Gasteiger partial charge in [0.15, 0.2) is 23.1 Å². The van der Waals surface area contributed by atoms with Crippen LogP contribution in [0.25, 0.3) is 99.8 Å². The molecule has 0 amide bonds. The second-order valence-electron chi connectivity index (χ2n) is 12.3. The standard InChI is InChI=1S/C44H26N4O/c1-2-10-31(11-3-1)44-45-38-23-22-30-18-16-29-17-21-36(26-37(29)39(30)40(38)49-44)43-47-41(34-19-14-27-8-4-6-12-32(27)24-34)46-42(48-43)35-20-15-28-9-5-7-13-33(28)25-35/h1-26H. The minimum absolute atomic E-state index is 0.605. The summed E-state index contributed by atoms with van der Waals surface area (Å²) < 4.78 is 6.49. The van der Waals surface area contributed by atoms with Crippen LogP contribution in [0, 0.1) is 0 Å². The maximum Gasteiger partial charge on any atom is 0.227 e. The first-order chi connectivity index (χ1) is 24.2. The van der Waals surface area contributed by atoms with Crippen LogP contribution < -0.4 is 0 Å². The van der Waals surface area contributed by atoms with Gasteiger partial charge < -0.3 is 4.42 Å². The van der Waals surface area contributed by atoms with Crippen molar-refractivity contribution in [3.8, 4) is 45.6 Å². The molecule has 0 N–H and O–H groups in total. The molecule has 10 rings (SSSR count). The van der Waals surface area contributed by atoms with Gasteiger partial charge in [-0.05, 0) is 74.1 Å². The van der Waals surface area contributed by atoms with Crippen LogP contribution in [0.1, 0.15) is 0 Å². The number of aromatic nitrogens is 4. The van der Waals surface area contributed by atoms with Crippen molar-refractivity contribution in [1.82, 2.24) is 19.9 Å². The van der Waals surface area contributed by atoms with E-state index in [0.29, 0.717) is 23.4 Å². The first-order valence-electron chi connectivity index (χ1n) is 16.3. The van der Waals surface area contributed by atoms with Crippen molar-refractivity contribution >= 4 is 54.2 Å². The van der Waals surface area contributed by atoms with Gasteiger partial charge in [0.25, 0.3) is 0 Å². The zero-order chi connectivity index (χ0) is 32.3. The summed E-state index contributed by atoms with van der Waals surface area (Å²) in [5.74, 6) is 2.47. The van der Waals surface area contributed by atoms with Gasteiger partial charge in [-0.25, -0.2) is 19.9 Å². The molecule has 5 nitrogen and oxygen atoms in total. The molecule has 2 aromatic heterocycles. The van der Waals surface area contributed by atoms with Crippen LogP contribution in [0.3, 0.4) is 0 Å². The van der Waals surface area contributed by atoms with E-state index in [1.54, 1.807) is 0 Å². The zero-order valence-corrected chi connectivity index (χ0v) is 26.2.